The summed E-state index contributed by atoms with van der Waals surface area (Å²) >= 11 is 0. The van der Waals surface area contributed by atoms with Crippen LogP contribution in [0.3, 0.4) is 0 Å². The number of rotatable bonds is 3. The molecule has 4 heteroatoms. The van der Waals surface area contributed by atoms with Gasteiger partial charge in [0.25, 0.3) is 0 Å². The largest absolute Gasteiger partial charge is 0.319 e. The number of aryl methyl sites for hydroxylation is 1. The van der Waals surface area contributed by atoms with E-state index in [0.29, 0.717) is 0 Å². The van der Waals surface area contributed by atoms with E-state index in [-0.39, 0.29) is 6.04 Å². The molecule has 0 radical (unpaired) electrons. The molecule has 0 saturated heterocycles. The van der Waals surface area contributed by atoms with Crippen molar-refractivity contribution < 1.29 is 0 Å². The fourth-order valence-corrected chi connectivity index (χ4v) is 2.26. The highest BCUT2D eigenvalue weighted by Crippen LogP contribution is 2.24. The van der Waals surface area contributed by atoms with Crippen LogP contribution in [-0.2, 0) is 6.54 Å². The second-order valence-corrected chi connectivity index (χ2v) is 4.52. The fourth-order valence-electron chi connectivity index (χ4n) is 2.26. The van der Waals surface area contributed by atoms with E-state index in [9.17, 15) is 0 Å². The summed E-state index contributed by atoms with van der Waals surface area (Å²) in [5, 5.41) is 6.53. The standard InChI is InChI=1S/C15H16N4/c1-2-19-10-12(9-18-19)14(16)15-13-6-4-3-5-11(13)7-8-17-15/h3-10,14H,2,16H2,1H3. The maximum Gasteiger partial charge on any atom is 0.0763 e. The lowest BCUT2D eigenvalue weighted by Crippen LogP contribution is -2.13. The highest BCUT2D eigenvalue weighted by Gasteiger charge is 2.15. The summed E-state index contributed by atoms with van der Waals surface area (Å²) in [6.45, 7) is 2.90. The Labute approximate surface area is 111 Å². The molecule has 0 bridgehead atoms. The van der Waals surface area contributed by atoms with Crippen LogP contribution in [0.15, 0.2) is 48.9 Å². The van der Waals surface area contributed by atoms with Crippen LogP contribution in [-0.4, -0.2) is 14.8 Å². The first-order valence-corrected chi connectivity index (χ1v) is 6.41. The van der Waals surface area contributed by atoms with Gasteiger partial charge >= 0.3 is 0 Å². The minimum Gasteiger partial charge on any atom is -0.319 e. The lowest BCUT2D eigenvalue weighted by molar-refractivity contribution is 0.658. The van der Waals surface area contributed by atoms with Crippen LogP contribution in [0.25, 0.3) is 10.8 Å². The molecule has 0 aliphatic carbocycles. The topological polar surface area (TPSA) is 56.7 Å². The minimum absolute atomic E-state index is 0.244. The van der Waals surface area contributed by atoms with Gasteiger partial charge in [-0.3, -0.25) is 9.67 Å². The van der Waals surface area contributed by atoms with E-state index < -0.39 is 0 Å². The van der Waals surface area contributed by atoms with Crippen LogP contribution < -0.4 is 5.73 Å². The van der Waals surface area contributed by atoms with Crippen molar-refractivity contribution in [1.82, 2.24) is 14.8 Å². The highest BCUT2D eigenvalue weighted by molar-refractivity contribution is 5.84. The van der Waals surface area contributed by atoms with Gasteiger partial charge in [0.2, 0.25) is 0 Å². The lowest BCUT2D eigenvalue weighted by Gasteiger charge is -2.11. The van der Waals surface area contributed by atoms with Gasteiger partial charge in [0.15, 0.2) is 0 Å². The Hall–Kier alpha value is -2.20. The quantitative estimate of drug-likeness (QED) is 0.779. The van der Waals surface area contributed by atoms with Crippen molar-refractivity contribution in [1.29, 1.82) is 0 Å². The van der Waals surface area contributed by atoms with Crippen LogP contribution in [0.5, 0.6) is 0 Å². The summed E-state index contributed by atoms with van der Waals surface area (Å²) in [5.41, 5.74) is 8.22. The van der Waals surface area contributed by atoms with Gasteiger partial charge in [-0.1, -0.05) is 24.3 Å². The Bertz CT molecular complexity index is 697. The number of nitrogens with two attached hydrogens (primary N) is 1. The molecule has 96 valence electrons. The normalized spacial score (nSPS) is 12.7. The molecular formula is C15H16N4. The highest BCUT2D eigenvalue weighted by atomic mass is 15.3. The van der Waals surface area contributed by atoms with Crippen LogP contribution in [0, 0.1) is 0 Å². The Morgan fingerprint density at radius 2 is 2.11 bits per heavy atom. The van der Waals surface area contributed by atoms with Gasteiger partial charge in [0.05, 0.1) is 17.9 Å². The van der Waals surface area contributed by atoms with E-state index in [4.69, 9.17) is 5.73 Å². The molecule has 4 nitrogen and oxygen atoms in total. The molecular weight excluding hydrogens is 236 g/mol. The van der Waals surface area contributed by atoms with E-state index in [1.165, 1.54) is 0 Å². The van der Waals surface area contributed by atoms with Crippen LogP contribution in [0.4, 0.5) is 0 Å². The van der Waals surface area contributed by atoms with Crippen molar-refractivity contribution in [2.45, 2.75) is 19.5 Å². The number of hydrogen-bond donors (Lipinski definition) is 1. The van der Waals surface area contributed by atoms with Gasteiger partial charge < -0.3 is 5.73 Å². The molecule has 1 atom stereocenters. The Morgan fingerprint density at radius 3 is 2.89 bits per heavy atom. The average Bonchev–Trinajstić information content (AvgIpc) is 2.95. The maximum atomic E-state index is 6.33. The van der Waals surface area contributed by atoms with Crippen molar-refractivity contribution in [3.63, 3.8) is 0 Å². The van der Waals surface area contributed by atoms with Crippen LogP contribution in [0.1, 0.15) is 24.2 Å². The molecule has 2 N–H and O–H groups in total. The predicted octanol–water partition coefficient (Wildman–Crippen LogP) is 2.50. The molecule has 3 aromatic rings. The molecule has 19 heavy (non-hydrogen) atoms. The second kappa shape index (κ2) is 4.82. The molecule has 1 aromatic carbocycles. The zero-order valence-corrected chi connectivity index (χ0v) is 10.8. The first kappa shape index (κ1) is 11.9. The molecule has 0 spiro atoms. The average molecular weight is 252 g/mol. The molecule has 2 heterocycles. The summed E-state index contributed by atoms with van der Waals surface area (Å²) in [6.07, 6.45) is 5.60. The summed E-state index contributed by atoms with van der Waals surface area (Å²) in [5.74, 6) is 0. The van der Waals surface area contributed by atoms with Gasteiger partial charge in [-0.25, -0.2) is 0 Å². The van der Waals surface area contributed by atoms with Gasteiger partial charge in [-0.05, 0) is 18.4 Å². The summed E-state index contributed by atoms with van der Waals surface area (Å²) in [6, 6.07) is 9.92. The molecule has 0 aliphatic rings. The Kier molecular flexibility index (Phi) is 3.01. The van der Waals surface area contributed by atoms with E-state index in [0.717, 1.165) is 28.6 Å². The summed E-state index contributed by atoms with van der Waals surface area (Å²) in [7, 11) is 0. The van der Waals surface area contributed by atoms with Crippen LogP contribution in [0.2, 0.25) is 0 Å². The number of benzene rings is 1. The number of hydrogen-bond acceptors (Lipinski definition) is 3. The third-order valence-corrected chi connectivity index (χ3v) is 3.34. The predicted molar refractivity (Wildman–Crippen MR) is 75.7 cm³/mol. The SMILES string of the molecule is CCn1cc(C(N)c2nccc3ccccc23)cn1. The number of aromatic nitrogens is 3. The van der Waals surface area contributed by atoms with Crippen LogP contribution >= 0.6 is 0 Å². The van der Waals surface area contributed by atoms with E-state index in [1.807, 2.05) is 41.5 Å². The number of fused-ring (bicyclic) bond motifs is 1. The van der Waals surface area contributed by atoms with E-state index in [2.05, 4.69) is 29.1 Å². The number of nitrogens with zero attached hydrogens (tertiary/aromatic N) is 3. The smallest absolute Gasteiger partial charge is 0.0763 e. The van der Waals surface area contributed by atoms with Gasteiger partial charge in [-0.15, -0.1) is 0 Å². The first-order chi connectivity index (χ1) is 9.29. The second-order valence-electron chi connectivity index (χ2n) is 4.52. The third-order valence-electron chi connectivity index (χ3n) is 3.34. The van der Waals surface area contributed by atoms with Crippen molar-refractivity contribution in [3.8, 4) is 0 Å². The summed E-state index contributed by atoms with van der Waals surface area (Å²) in [4.78, 5) is 4.46. The third kappa shape index (κ3) is 2.11. The molecule has 0 fully saturated rings. The van der Waals surface area contributed by atoms with Crippen molar-refractivity contribution in [2.24, 2.45) is 5.73 Å². The number of pyridine rings is 1. The maximum absolute atomic E-state index is 6.33. The minimum atomic E-state index is -0.244. The van der Waals surface area contributed by atoms with Gasteiger partial charge in [0.1, 0.15) is 0 Å². The Morgan fingerprint density at radius 1 is 1.26 bits per heavy atom. The van der Waals surface area contributed by atoms with Gasteiger partial charge in [0, 0.05) is 29.9 Å². The molecule has 0 amide bonds. The van der Waals surface area contributed by atoms with Crippen molar-refractivity contribution in [3.05, 3.63) is 60.2 Å². The summed E-state index contributed by atoms with van der Waals surface area (Å²) < 4.78 is 1.88. The molecule has 2 aromatic heterocycles. The first-order valence-electron chi connectivity index (χ1n) is 6.41. The van der Waals surface area contributed by atoms with Crippen molar-refractivity contribution >= 4 is 10.8 Å². The lowest BCUT2D eigenvalue weighted by atomic mass is 10.0. The fraction of sp³-hybridized carbons (Fsp3) is 0.200. The molecule has 0 saturated carbocycles. The van der Waals surface area contributed by atoms with E-state index >= 15 is 0 Å². The molecule has 3 rings (SSSR count). The monoisotopic (exact) mass is 252 g/mol. The Balaban J connectivity index is 2.08. The van der Waals surface area contributed by atoms with Crippen molar-refractivity contribution in [2.75, 3.05) is 0 Å². The van der Waals surface area contributed by atoms with Gasteiger partial charge in [-0.2, -0.15) is 5.10 Å². The zero-order chi connectivity index (χ0) is 13.2. The molecule has 0 aliphatic heterocycles. The zero-order valence-electron chi connectivity index (χ0n) is 10.8. The van der Waals surface area contributed by atoms with E-state index in [1.54, 1.807) is 0 Å². The molecule has 1 unspecified atom stereocenters.